The van der Waals surface area contributed by atoms with E-state index >= 15 is 0 Å². The van der Waals surface area contributed by atoms with Gasteiger partial charge in [0.25, 0.3) is 5.91 Å². The molecule has 0 aromatic heterocycles. The third-order valence-corrected chi connectivity index (χ3v) is 3.94. The van der Waals surface area contributed by atoms with E-state index in [4.69, 9.17) is 4.74 Å². The molecule has 2 aromatic carbocycles. The van der Waals surface area contributed by atoms with Gasteiger partial charge in [-0.15, -0.1) is 0 Å². The number of carbonyl (C=O) groups is 1. The SMILES string of the molecule is C[C@@H](Oc1ccc(Br)cc1)C(=O)NCc1ccc(N(C)C)cc1. The summed E-state index contributed by atoms with van der Waals surface area (Å²) in [6.07, 6.45) is -0.544. The van der Waals surface area contributed by atoms with Gasteiger partial charge in [-0.2, -0.15) is 0 Å². The normalized spacial score (nSPS) is 11.7. The zero-order chi connectivity index (χ0) is 16.8. The van der Waals surface area contributed by atoms with Crippen LogP contribution in [0.4, 0.5) is 5.69 Å². The second-order valence-corrected chi connectivity index (χ2v) is 6.41. The van der Waals surface area contributed by atoms with E-state index in [1.807, 2.05) is 67.5 Å². The van der Waals surface area contributed by atoms with Crippen LogP contribution in [0.15, 0.2) is 53.0 Å². The predicted molar refractivity (Wildman–Crippen MR) is 96.8 cm³/mol. The van der Waals surface area contributed by atoms with E-state index < -0.39 is 6.10 Å². The molecule has 2 aromatic rings. The van der Waals surface area contributed by atoms with Crippen LogP contribution in [-0.4, -0.2) is 26.1 Å². The third kappa shape index (κ3) is 5.28. The number of benzene rings is 2. The molecule has 0 fully saturated rings. The third-order valence-electron chi connectivity index (χ3n) is 3.42. The number of halogens is 1. The highest BCUT2D eigenvalue weighted by molar-refractivity contribution is 9.10. The fourth-order valence-corrected chi connectivity index (χ4v) is 2.28. The maximum atomic E-state index is 12.1. The van der Waals surface area contributed by atoms with Crippen molar-refractivity contribution in [2.24, 2.45) is 0 Å². The Morgan fingerprint density at radius 3 is 2.30 bits per heavy atom. The van der Waals surface area contributed by atoms with E-state index in [9.17, 15) is 4.79 Å². The van der Waals surface area contributed by atoms with Crippen LogP contribution in [0.3, 0.4) is 0 Å². The first kappa shape index (κ1) is 17.3. The van der Waals surface area contributed by atoms with Gasteiger partial charge in [-0.3, -0.25) is 4.79 Å². The lowest BCUT2D eigenvalue weighted by atomic mass is 10.2. The predicted octanol–water partition coefficient (Wildman–Crippen LogP) is 3.60. The number of nitrogens with zero attached hydrogens (tertiary/aromatic N) is 1. The van der Waals surface area contributed by atoms with Crippen molar-refractivity contribution >= 4 is 27.5 Å². The van der Waals surface area contributed by atoms with E-state index in [0.717, 1.165) is 15.7 Å². The van der Waals surface area contributed by atoms with Crippen molar-refractivity contribution < 1.29 is 9.53 Å². The summed E-state index contributed by atoms with van der Waals surface area (Å²) in [4.78, 5) is 14.1. The molecule has 0 heterocycles. The van der Waals surface area contributed by atoms with Crippen LogP contribution in [-0.2, 0) is 11.3 Å². The lowest BCUT2D eigenvalue weighted by Gasteiger charge is -2.15. The Balaban J connectivity index is 1.84. The summed E-state index contributed by atoms with van der Waals surface area (Å²) < 4.78 is 6.61. The van der Waals surface area contributed by atoms with Crippen LogP contribution in [0.2, 0.25) is 0 Å². The van der Waals surface area contributed by atoms with E-state index in [-0.39, 0.29) is 5.91 Å². The van der Waals surface area contributed by atoms with E-state index in [1.165, 1.54) is 0 Å². The Kier molecular flexibility index (Phi) is 6.04. The molecule has 2 rings (SSSR count). The number of amides is 1. The summed E-state index contributed by atoms with van der Waals surface area (Å²) >= 11 is 3.37. The summed E-state index contributed by atoms with van der Waals surface area (Å²) in [5, 5.41) is 2.89. The molecule has 1 amide bonds. The number of rotatable bonds is 6. The monoisotopic (exact) mass is 376 g/mol. The zero-order valence-corrected chi connectivity index (χ0v) is 15.1. The minimum atomic E-state index is -0.544. The highest BCUT2D eigenvalue weighted by Crippen LogP contribution is 2.17. The largest absolute Gasteiger partial charge is 0.481 e. The van der Waals surface area contributed by atoms with Gasteiger partial charge >= 0.3 is 0 Å². The number of ether oxygens (including phenoxy) is 1. The van der Waals surface area contributed by atoms with Crippen LogP contribution in [0.1, 0.15) is 12.5 Å². The second-order valence-electron chi connectivity index (χ2n) is 5.49. The van der Waals surface area contributed by atoms with Gasteiger partial charge in [0.05, 0.1) is 0 Å². The van der Waals surface area contributed by atoms with Gasteiger partial charge in [0.2, 0.25) is 0 Å². The first-order chi connectivity index (χ1) is 11.0. The highest BCUT2D eigenvalue weighted by Gasteiger charge is 2.14. The molecule has 4 nitrogen and oxygen atoms in total. The van der Waals surface area contributed by atoms with Gasteiger partial charge in [-0.25, -0.2) is 0 Å². The van der Waals surface area contributed by atoms with Gasteiger partial charge in [-0.1, -0.05) is 28.1 Å². The molecule has 0 aliphatic rings. The maximum Gasteiger partial charge on any atom is 0.261 e. The van der Waals surface area contributed by atoms with Crippen molar-refractivity contribution in [3.05, 3.63) is 58.6 Å². The molecule has 0 bridgehead atoms. The summed E-state index contributed by atoms with van der Waals surface area (Å²) in [6.45, 7) is 2.23. The first-order valence-electron chi connectivity index (χ1n) is 7.42. The fourth-order valence-electron chi connectivity index (χ4n) is 2.02. The van der Waals surface area contributed by atoms with Crippen molar-refractivity contribution in [3.63, 3.8) is 0 Å². The molecular weight excluding hydrogens is 356 g/mol. The summed E-state index contributed by atoms with van der Waals surface area (Å²) in [5.74, 6) is 0.538. The molecule has 0 saturated carbocycles. The minimum absolute atomic E-state index is 0.135. The molecular formula is C18H21BrN2O2. The summed E-state index contributed by atoms with van der Waals surface area (Å²) in [6, 6.07) is 15.5. The summed E-state index contributed by atoms with van der Waals surface area (Å²) in [5.41, 5.74) is 2.19. The molecule has 1 N–H and O–H groups in total. The Morgan fingerprint density at radius 2 is 1.74 bits per heavy atom. The number of carbonyl (C=O) groups excluding carboxylic acids is 1. The average Bonchev–Trinajstić information content (AvgIpc) is 2.55. The van der Waals surface area contributed by atoms with Gasteiger partial charge < -0.3 is 15.0 Å². The van der Waals surface area contributed by atoms with Crippen LogP contribution in [0.25, 0.3) is 0 Å². The van der Waals surface area contributed by atoms with Crippen molar-refractivity contribution in [2.45, 2.75) is 19.6 Å². The highest BCUT2D eigenvalue weighted by atomic mass is 79.9. The molecule has 1 atom stereocenters. The van der Waals surface area contributed by atoms with Gasteiger partial charge in [0.1, 0.15) is 5.75 Å². The number of nitrogens with one attached hydrogen (secondary N) is 1. The quantitative estimate of drug-likeness (QED) is 0.837. The van der Waals surface area contributed by atoms with Crippen LogP contribution in [0.5, 0.6) is 5.75 Å². The van der Waals surface area contributed by atoms with E-state index in [1.54, 1.807) is 6.92 Å². The number of anilines is 1. The maximum absolute atomic E-state index is 12.1. The molecule has 0 aliphatic heterocycles. The molecule has 0 spiro atoms. The van der Waals surface area contributed by atoms with Gasteiger partial charge in [-0.05, 0) is 48.9 Å². The molecule has 0 unspecified atom stereocenters. The fraction of sp³-hybridized carbons (Fsp3) is 0.278. The van der Waals surface area contributed by atoms with Gasteiger partial charge in [0, 0.05) is 30.8 Å². The van der Waals surface area contributed by atoms with Crippen LogP contribution < -0.4 is 15.0 Å². The average molecular weight is 377 g/mol. The summed E-state index contributed by atoms with van der Waals surface area (Å²) in [7, 11) is 4.00. The Labute approximate surface area is 145 Å². The molecule has 0 radical (unpaired) electrons. The molecule has 0 saturated heterocycles. The lowest BCUT2D eigenvalue weighted by Crippen LogP contribution is -2.35. The van der Waals surface area contributed by atoms with Crippen molar-refractivity contribution in [2.75, 3.05) is 19.0 Å². The zero-order valence-electron chi connectivity index (χ0n) is 13.5. The molecule has 0 aliphatic carbocycles. The van der Waals surface area contributed by atoms with Crippen LogP contribution >= 0.6 is 15.9 Å². The second kappa shape index (κ2) is 8.02. The Bertz CT molecular complexity index is 639. The molecule has 5 heteroatoms. The lowest BCUT2D eigenvalue weighted by molar-refractivity contribution is -0.127. The number of hydrogen-bond donors (Lipinski definition) is 1. The van der Waals surface area contributed by atoms with E-state index in [0.29, 0.717) is 12.3 Å². The minimum Gasteiger partial charge on any atom is -0.481 e. The van der Waals surface area contributed by atoms with Crippen molar-refractivity contribution in [3.8, 4) is 5.75 Å². The Hall–Kier alpha value is -2.01. The molecule has 23 heavy (non-hydrogen) atoms. The standard InChI is InChI=1S/C18H21BrN2O2/c1-13(23-17-10-6-15(19)7-11-17)18(22)20-12-14-4-8-16(9-5-14)21(2)3/h4-11,13H,12H2,1-3H3,(H,20,22)/t13-/m1/s1. The number of hydrogen-bond acceptors (Lipinski definition) is 3. The van der Waals surface area contributed by atoms with Crippen molar-refractivity contribution in [1.29, 1.82) is 0 Å². The molecule has 122 valence electrons. The Morgan fingerprint density at radius 1 is 1.13 bits per heavy atom. The van der Waals surface area contributed by atoms with E-state index in [2.05, 4.69) is 21.2 Å². The smallest absolute Gasteiger partial charge is 0.261 e. The van der Waals surface area contributed by atoms with Gasteiger partial charge in [0.15, 0.2) is 6.10 Å². The topological polar surface area (TPSA) is 41.6 Å². The first-order valence-corrected chi connectivity index (χ1v) is 8.21. The van der Waals surface area contributed by atoms with Crippen molar-refractivity contribution in [1.82, 2.24) is 5.32 Å². The van der Waals surface area contributed by atoms with Crippen LogP contribution in [0, 0.1) is 0 Å².